The first-order valence-corrected chi connectivity index (χ1v) is 6.64. The zero-order chi connectivity index (χ0) is 13.7. The number of hydrogen-bond donors (Lipinski definition) is 2. The van der Waals surface area contributed by atoms with Crippen molar-refractivity contribution >= 4 is 12.0 Å². The quantitative estimate of drug-likeness (QED) is 0.797. The number of hydrogen-bond acceptors (Lipinski definition) is 3. The molecular formula is C15H20N2O2. The van der Waals surface area contributed by atoms with Crippen LogP contribution < -0.4 is 5.43 Å². The van der Waals surface area contributed by atoms with Crippen molar-refractivity contribution in [2.45, 2.75) is 26.3 Å². The van der Waals surface area contributed by atoms with Gasteiger partial charge in [0.25, 0.3) is 0 Å². The first-order valence-electron chi connectivity index (χ1n) is 6.64. The molecule has 0 aliphatic carbocycles. The van der Waals surface area contributed by atoms with Gasteiger partial charge in [-0.3, -0.25) is 5.43 Å². The molecule has 1 saturated heterocycles. The van der Waals surface area contributed by atoms with Gasteiger partial charge in [0.15, 0.2) is 0 Å². The monoisotopic (exact) mass is 260 g/mol. The molecule has 0 spiro atoms. The van der Waals surface area contributed by atoms with Gasteiger partial charge < -0.3 is 5.11 Å². The van der Waals surface area contributed by atoms with Crippen LogP contribution in [0.3, 0.4) is 0 Å². The number of carboxylic acids is 1. The van der Waals surface area contributed by atoms with Crippen LogP contribution in [0.15, 0.2) is 29.8 Å². The largest absolute Gasteiger partial charge is 0.478 e. The molecule has 0 atom stereocenters. The molecule has 2 N–H and O–H groups in total. The predicted molar refractivity (Wildman–Crippen MR) is 75.4 cm³/mol. The summed E-state index contributed by atoms with van der Waals surface area (Å²) < 4.78 is 0. The van der Waals surface area contributed by atoms with Crippen molar-refractivity contribution < 1.29 is 9.90 Å². The molecule has 1 aromatic rings. The van der Waals surface area contributed by atoms with Gasteiger partial charge in [-0.05, 0) is 37.0 Å². The fraction of sp³-hybridized carbons (Fsp3) is 0.400. The van der Waals surface area contributed by atoms with Gasteiger partial charge in [-0.15, -0.1) is 0 Å². The van der Waals surface area contributed by atoms with Gasteiger partial charge in [0.1, 0.15) is 0 Å². The van der Waals surface area contributed by atoms with E-state index >= 15 is 0 Å². The van der Waals surface area contributed by atoms with Crippen LogP contribution in [0.1, 0.15) is 30.9 Å². The minimum absolute atomic E-state index is 0.350. The number of nitrogens with zero attached hydrogens (tertiary/aromatic N) is 1. The van der Waals surface area contributed by atoms with E-state index in [1.807, 2.05) is 24.3 Å². The molecule has 4 heteroatoms. The van der Waals surface area contributed by atoms with E-state index in [-0.39, 0.29) is 0 Å². The summed E-state index contributed by atoms with van der Waals surface area (Å²) in [5, 5.41) is 11.1. The molecule has 1 aliphatic rings. The Morgan fingerprint density at radius 1 is 1.32 bits per heavy atom. The zero-order valence-electron chi connectivity index (χ0n) is 11.2. The van der Waals surface area contributed by atoms with E-state index in [1.54, 1.807) is 13.0 Å². The molecule has 0 amide bonds. The Morgan fingerprint density at radius 2 is 1.95 bits per heavy atom. The molecular weight excluding hydrogens is 240 g/mol. The third kappa shape index (κ3) is 4.19. The maximum Gasteiger partial charge on any atom is 0.331 e. The summed E-state index contributed by atoms with van der Waals surface area (Å²) in [4.78, 5) is 10.7. The van der Waals surface area contributed by atoms with E-state index in [2.05, 4.69) is 10.4 Å². The Bertz CT molecular complexity index is 460. The number of nitrogens with one attached hydrogen (secondary N) is 1. The average Bonchev–Trinajstić information content (AvgIpc) is 2.91. The normalized spacial score (nSPS) is 16.8. The van der Waals surface area contributed by atoms with E-state index in [1.165, 1.54) is 18.4 Å². The second kappa shape index (κ2) is 6.50. The summed E-state index contributed by atoms with van der Waals surface area (Å²) in [6.45, 7) is 4.67. The summed E-state index contributed by atoms with van der Waals surface area (Å²) in [6, 6.07) is 7.97. The lowest BCUT2D eigenvalue weighted by Gasteiger charge is -2.16. The molecule has 4 nitrogen and oxygen atoms in total. The molecule has 19 heavy (non-hydrogen) atoms. The van der Waals surface area contributed by atoms with E-state index in [9.17, 15) is 4.79 Å². The van der Waals surface area contributed by atoms with Crippen molar-refractivity contribution in [3.63, 3.8) is 0 Å². The van der Waals surface area contributed by atoms with Crippen molar-refractivity contribution in [3.8, 4) is 0 Å². The van der Waals surface area contributed by atoms with E-state index in [0.29, 0.717) is 5.57 Å². The van der Waals surface area contributed by atoms with E-state index < -0.39 is 5.97 Å². The van der Waals surface area contributed by atoms with Gasteiger partial charge in [-0.2, -0.15) is 0 Å². The summed E-state index contributed by atoms with van der Waals surface area (Å²) in [7, 11) is 0. The summed E-state index contributed by atoms with van der Waals surface area (Å²) >= 11 is 0. The molecule has 1 heterocycles. The van der Waals surface area contributed by atoms with E-state index in [0.717, 1.165) is 25.2 Å². The first-order chi connectivity index (χ1) is 9.15. The van der Waals surface area contributed by atoms with Crippen LogP contribution in [-0.2, 0) is 11.3 Å². The van der Waals surface area contributed by atoms with Crippen LogP contribution in [0, 0.1) is 0 Å². The average molecular weight is 260 g/mol. The number of carboxylic acid groups (broad SMARTS) is 1. The molecule has 102 valence electrons. The molecule has 0 unspecified atom stereocenters. The second-order valence-electron chi connectivity index (χ2n) is 4.90. The van der Waals surface area contributed by atoms with Gasteiger partial charge in [-0.1, -0.05) is 24.3 Å². The molecule has 0 saturated carbocycles. The highest BCUT2D eigenvalue weighted by atomic mass is 16.4. The van der Waals surface area contributed by atoms with Gasteiger partial charge in [0.05, 0.1) is 0 Å². The summed E-state index contributed by atoms with van der Waals surface area (Å²) in [5.41, 5.74) is 5.88. The lowest BCUT2D eigenvalue weighted by molar-refractivity contribution is -0.132. The third-order valence-electron chi connectivity index (χ3n) is 3.31. The summed E-state index contributed by atoms with van der Waals surface area (Å²) in [6.07, 6.45) is 4.22. The van der Waals surface area contributed by atoms with Gasteiger partial charge in [-0.25, -0.2) is 9.80 Å². The number of aliphatic carboxylic acids is 1. The Balaban J connectivity index is 1.90. The van der Waals surface area contributed by atoms with E-state index in [4.69, 9.17) is 5.11 Å². The second-order valence-corrected chi connectivity index (χ2v) is 4.90. The number of carbonyl (C=O) groups is 1. The molecule has 2 rings (SSSR count). The smallest absolute Gasteiger partial charge is 0.331 e. The van der Waals surface area contributed by atoms with Crippen LogP contribution in [-0.4, -0.2) is 29.2 Å². The van der Waals surface area contributed by atoms with Crippen LogP contribution in [0.4, 0.5) is 0 Å². The Hall–Kier alpha value is -1.65. The molecule has 0 radical (unpaired) electrons. The van der Waals surface area contributed by atoms with Crippen LogP contribution >= 0.6 is 0 Å². The number of hydrazine groups is 1. The highest BCUT2D eigenvalue weighted by molar-refractivity contribution is 5.91. The zero-order valence-corrected chi connectivity index (χ0v) is 11.2. The van der Waals surface area contributed by atoms with Crippen molar-refractivity contribution in [2.24, 2.45) is 0 Å². The fourth-order valence-electron chi connectivity index (χ4n) is 2.12. The lowest BCUT2D eigenvalue weighted by Crippen LogP contribution is -2.34. The Kier molecular flexibility index (Phi) is 4.71. The Morgan fingerprint density at radius 3 is 2.53 bits per heavy atom. The predicted octanol–water partition coefficient (Wildman–Crippen LogP) is 2.27. The fourth-order valence-corrected chi connectivity index (χ4v) is 2.12. The van der Waals surface area contributed by atoms with Crippen LogP contribution in [0.5, 0.6) is 0 Å². The van der Waals surface area contributed by atoms with Crippen molar-refractivity contribution in [2.75, 3.05) is 13.1 Å². The lowest BCUT2D eigenvalue weighted by atomic mass is 10.1. The maximum atomic E-state index is 10.7. The summed E-state index contributed by atoms with van der Waals surface area (Å²) in [5.74, 6) is -0.875. The minimum atomic E-state index is -0.875. The van der Waals surface area contributed by atoms with Gasteiger partial charge in [0.2, 0.25) is 0 Å². The standard InChI is InChI=1S/C15H20N2O2/c1-12(15(18)19)10-13-4-6-14(7-5-13)11-16-17-8-2-3-9-17/h4-7,10,16H,2-3,8-9,11H2,1H3,(H,18,19). The van der Waals surface area contributed by atoms with Gasteiger partial charge in [0, 0.05) is 25.2 Å². The number of rotatable bonds is 5. The number of benzene rings is 1. The van der Waals surface area contributed by atoms with Crippen molar-refractivity contribution in [3.05, 3.63) is 41.0 Å². The van der Waals surface area contributed by atoms with Crippen LogP contribution in [0.2, 0.25) is 0 Å². The molecule has 0 bridgehead atoms. The minimum Gasteiger partial charge on any atom is -0.478 e. The maximum absolute atomic E-state index is 10.7. The molecule has 1 aliphatic heterocycles. The molecule has 1 aromatic carbocycles. The van der Waals surface area contributed by atoms with Crippen molar-refractivity contribution in [1.82, 2.24) is 10.4 Å². The highest BCUT2D eigenvalue weighted by Crippen LogP contribution is 2.10. The molecule has 1 fully saturated rings. The van der Waals surface area contributed by atoms with Crippen LogP contribution in [0.25, 0.3) is 6.08 Å². The van der Waals surface area contributed by atoms with Gasteiger partial charge >= 0.3 is 5.97 Å². The molecule has 0 aromatic heterocycles. The first kappa shape index (κ1) is 13.8. The topological polar surface area (TPSA) is 52.6 Å². The highest BCUT2D eigenvalue weighted by Gasteiger charge is 2.10. The van der Waals surface area contributed by atoms with Crippen molar-refractivity contribution in [1.29, 1.82) is 0 Å². The Labute approximate surface area is 113 Å². The third-order valence-corrected chi connectivity index (χ3v) is 3.31. The SMILES string of the molecule is CC(=Cc1ccc(CNN2CCCC2)cc1)C(=O)O.